The highest BCUT2D eigenvalue weighted by atomic mass is 16.5. The Labute approximate surface area is 110 Å². The third-order valence-electron chi connectivity index (χ3n) is 2.45. The maximum atomic E-state index is 11.2. The van der Waals surface area contributed by atoms with Gasteiger partial charge in [0.2, 0.25) is 5.76 Å². The fourth-order valence-electron chi connectivity index (χ4n) is 1.59. The van der Waals surface area contributed by atoms with Gasteiger partial charge >= 0.3 is 5.97 Å². The molecule has 1 N–H and O–H groups in total. The Balaban J connectivity index is 2.18. The van der Waals surface area contributed by atoms with Crippen molar-refractivity contribution in [3.05, 3.63) is 54.0 Å². The van der Waals surface area contributed by atoms with Crippen LogP contribution >= 0.6 is 0 Å². The number of furan rings is 1. The largest absolute Gasteiger partial charge is 0.502 e. The van der Waals surface area contributed by atoms with Gasteiger partial charge in [-0.05, 0) is 19.1 Å². The average Bonchev–Trinajstić information content (AvgIpc) is 2.88. The van der Waals surface area contributed by atoms with Crippen LogP contribution in [0.15, 0.2) is 52.6 Å². The smallest absolute Gasteiger partial charge is 0.373 e. The van der Waals surface area contributed by atoms with Crippen LogP contribution in [0.25, 0.3) is 17.4 Å². The molecule has 0 atom stereocenters. The van der Waals surface area contributed by atoms with Crippen molar-refractivity contribution in [2.45, 2.75) is 6.92 Å². The van der Waals surface area contributed by atoms with Crippen LogP contribution in [0.4, 0.5) is 0 Å². The lowest BCUT2D eigenvalue weighted by Gasteiger charge is -1.99. The van der Waals surface area contributed by atoms with E-state index in [1.54, 1.807) is 19.1 Å². The number of hydrogen-bond acceptors (Lipinski definition) is 4. The van der Waals surface area contributed by atoms with Crippen LogP contribution in [0, 0.1) is 0 Å². The molecule has 0 aliphatic rings. The minimum absolute atomic E-state index is 0.212. The lowest BCUT2D eigenvalue weighted by molar-refractivity contribution is -0.141. The molecule has 1 aromatic heterocycles. The Morgan fingerprint density at radius 3 is 2.68 bits per heavy atom. The zero-order valence-electron chi connectivity index (χ0n) is 10.5. The third-order valence-corrected chi connectivity index (χ3v) is 2.45. The number of esters is 1. The van der Waals surface area contributed by atoms with Gasteiger partial charge in [-0.25, -0.2) is 4.79 Å². The molecule has 0 radical (unpaired) electrons. The van der Waals surface area contributed by atoms with E-state index in [2.05, 4.69) is 4.74 Å². The van der Waals surface area contributed by atoms with E-state index >= 15 is 0 Å². The molecule has 0 unspecified atom stereocenters. The van der Waals surface area contributed by atoms with Crippen molar-refractivity contribution in [3.63, 3.8) is 0 Å². The van der Waals surface area contributed by atoms with Crippen molar-refractivity contribution in [1.29, 1.82) is 0 Å². The van der Waals surface area contributed by atoms with Gasteiger partial charge in [0.05, 0.1) is 6.61 Å². The predicted octanol–water partition coefficient (Wildman–Crippen LogP) is 3.41. The first-order chi connectivity index (χ1) is 9.20. The van der Waals surface area contributed by atoms with E-state index in [-0.39, 0.29) is 6.61 Å². The number of ether oxygens (including phenoxy) is 1. The molecule has 2 rings (SSSR count). The lowest BCUT2D eigenvalue weighted by atomic mass is 10.2. The topological polar surface area (TPSA) is 59.7 Å². The third kappa shape index (κ3) is 3.25. The van der Waals surface area contributed by atoms with Crippen LogP contribution in [0.3, 0.4) is 0 Å². The van der Waals surface area contributed by atoms with E-state index in [1.807, 2.05) is 30.3 Å². The number of aliphatic hydroxyl groups is 1. The van der Waals surface area contributed by atoms with Gasteiger partial charge in [-0.15, -0.1) is 0 Å². The van der Waals surface area contributed by atoms with Gasteiger partial charge in [-0.3, -0.25) is 0 Å². The van der Waals surface area contributed by atoms with Gasteiger partial charge in [0.15, 0.2) is 0 Å². The normalized spacial score (nSPS) is 11.3. The first kappa shape index (κ1) is 13.0. The molecule has 0 bridgehead atoms. The summed E-state index contributed by atoms with van der Waals surface area (Å²) in [6.45, 7) is 1.88. The summed E-state index contributed by atoms with van der Waals surface area (Å²) in [4.78, 5) is 11.2. The molecule has 19 heavy (non-hydrogen) atoms. The van der Waals surface area contributed by atoms with Crippen LogP contribution < -0.4 is 0 Å². The predicted molar refractivity (Wildman–Crippen MR) is 71.4 cm³/mol. The van der Waals surface area contributed by atoms with Gasteiger partial charge in [-0.2, -0.15) is 0 Å². The van der Waals surface area contributed by atoms with Crippen LogP contribution in [-0.4, -0.2) is 17.7 Å². The van der Waals surface area contributed by atoms with E-state index in [9.17, 15) is 9.90 Å². The van der Waals surface area contributed by atoms with Crippen molar-refractivity contribution >= 4 is 12.0 Å². The molecule has 1 heterocycles. The van der Waals surface area contributed by atoms with E-state index in [1.165, 1.54) is 6.08 Å². The SMILES string of the molecule is CCOC(=O)/C(O)=C/c1ccc(-c2ccccc2)o1. The summed E-state index contributed by atoms with van der Waals surface area (Å²) in [5, 5.41) is 9.51. The number of benzene rings is 1. The number of hydrogen-bond donors (Lipinski definition) is 1. The second kappa shape index (κ2) is 5.91. The van der Waals surface area contributed by atoms with Gasteiger partial charge in [-0.1, -0.05) is 30.3 Å². The minimum Gasteiger partial charge on any atom is -0.502 e. The molecule has 0 fully saturated rings. The van der Waals surface area contributed by atoms with E-state index in [4.69, 9.17) is 4.42 Å². The standard InChI is InChI=1S/C15H14O4/c1-2-18-15(17)13(16)10-12-8-9-14(19-12)11-6-4-3-5-7-11/h3-10,16H,2H2,1H3/b13-10-. The number of rotatable bonds is 4. The van der Waals surface area contributed by atoms with Gasteiger partial charge in [0.25, 0.3) is 0 Å². The van der Waals surface area contributed by atoms with Gasteiger partial charge in [0, 0.05) is 11.6 Å². The summed E-state index contributed by atoms with van der Waals surface area (Å²) in [6.07, 6.45) is 1.24. The highest BCUT2D eigenvalue weighted by molar-refractivity contribution is 5.90. The Kier molecular flexibility index (Phi) is 4.03. The molecule has 0 saturated carbocycles. The molecule has 0 amide bonds. The molecule has 4 nitrogen and oxygen atoms in total. The second-order valence-corrected chi connectivity index (χ2v) is 3.82. The molecular weight excluding hydrogens is 244 g/mol. The molecule has 98 valence electrons. The highest BCUT2D eigenvalue weighted by Gasteiger charge is 2.10. The van der Waals surface area contributed by atoms with Crippen molar-refractivity contribution in [2.75, 3.05) is 6.61 Å². The molecule has 0 spiro atoms. The Morgan fingerprint density at radius 1 is 1.26 bits per heavy atom. The van der Waals surface area contributed by atoms with Crippen LogP contribution in [0.1, 0.15) is 12.7 Å². The fraction of sp³-hybridized carbons (Fsp3) is 0.133. The van der Waals surface area contributed by atoms with Crippen LogP contribution in [0.5, 0.6) is 0 Å². The van der Waals surface area contributed by atoms with Gasteiger partial charge in [0.1, 0.15) is 11.5 Å². The molecule has 0 aliphatic carbocycles. The van der Waals surface area contributed by atoms with E-state index in [0.717, 1.165) is 5.56 Å². The van der Waals surface area contributed by atoms with Crippen molar-refractivity contribution < 1.29 is 19.1 Å². The average molecular weight is 258 g/mol. The van der Waals surface area contributed by atoms with Crippen LogP contribution in [-0.2, 0) is 9.53 Å². The lowest BCUT2D eigenvalue weighted by Crippen LogP contribution is -2.06. The summed E-state index contributed by atoms with van der Waals surface area (Å²) in [5.74, 6) is -0.177. The summed E-state index contributed by atoms with van der Waals surface area (Å²) in [7, 11) is 0. The number of carbonyl (C=O) groups is 1. The fourth-order valence-corrected chi connectivity index (χ4v) is 1.59. The van der Waals surface area contributed by atoms with Crippen molar-refractivity contribution in [2.24, 2.45) is 0 Å². The van der Waals surface area contributed by atoms with Gasteiger partial charge < -0.3 is 14.3 Å². The molecule has 1 aromatic carbocycles. The summed E-state index contributed by atoms with van der Waals surface area (Å²) >= 11 is 0. The monoisotopic (exact) mass is 258 g/mol. The number of carbonyl (C=O) groups excluding carboxylic acids is 1. The molecule has 4 heteroatoms. The zero-order valence-corrected chi connectivity index (χ0v) is 10.5. The minimum atomic E-state index is -0.764. The zero-order chi connectivity index (χ0) is 13.7. The molecule has 2 aromatic rings. The first-order valence-electron chi connectivity index (χ1n) is 5.93. The first-order valence-corrected chi connectivity index (χ1v) is 5.93. The maximum Gasteiger partial charge on any atom is 0.373 e. The molecule has 0 saturated heterocycles. The Hall–Kier alpha value is -2.49. The van der Waals surface area contributed by atoms with Crippen molar-refractivity contribution in [3.8, 4) is 11.3 Å². The quantitative estimate of drug-likeness (QED) is 0.518. The number of aliphatic hydroxyl groups excluding tert-OH is 1. The Morgan fingerprint density at radius 2 is 2.00 bits per heavy atom. The highest BCUT2D eigenvalue weighted by Crippen LogP contribution is 2.22. The maximum absolute atomic E-state index is 11.2. The summed E-state index contributed by atoms with van der Waals surface area (Å²) < 4.78 is 10.2. The summed E-state index contributed by atoms with van der Waals surface area (Å²) in [5.41, 5.74) is 0.928. The molecule has 0 aliphatic heterocycles. The Bertz CT molecular complexity index is 581. The van der Waals surface area contributed by atoms with Crippen molar-refractivity contribution in [1.82, 2.24) is 0 Å². The molecular formula is C15H14O4. The van der Waals surface area contributed by atoms with E-state index < -0.39 is 11.7 Å². The summed E-state index contributed by atoms with van der Waals surface area (Å²) in [6, 6.07) is 13.0. The van der Waals surface area contributed by atoms with Crippen LogP contribution in [0.2, 0.25) is 0 Å². The van der Waals surface area contributed by atoms with E-state index in [0.29, 0.717) is 11.5 Å². The second-order valence-electron chi connectivity index (χ2n) is 3.82.